The van der Waals surface area contributed by atoms with Crippen LogP contribution in [0.2, 0.25) is 0 Å². The van der Waals surface area contributed by atoms with Crippen LogP contribution in [0.1, 0.15) is 39.3 Å². The van der Waals surface area contributed by atoms with Gasteiger partial charge in [0.05, 0.1) is 25.6 Å². The molecule has 0 saturated carbocycles. The van der Waals surface area contributed by atoms with Gasteiger partial charge in [0.1, 0.15) is 73.6 Å². The Morgan fingerprint density at radius 1 is 0.889 bits per heavy atom. The number of hydrogen-bond acceptors (Lipinski definition) is 21. The van der Waals surface area contributed by atoms with Crippen LogP contribution < -0.4 is 37.9 Å². The molecule has 2 aromatic rings. The van der Waals surface area contributed by atoms with E-state index >= 15 is 0 Å². The number of fused-ring (bicyclic) bond motifs is 1. The van der Waals surface area contributed by atoms with Gasteiger partial charge in [-0.05, 0) is 26.2 Å². The number of aliphatic hydroxyl groups excluding tert-OH is 8. The first-order chi connectivity index (χ1) is 29.8. The Labute approximate surface area is 356 Å². The van der Waals surface area contributed by atoms with Crippen LogP contribution in [0, 0.1) is 0 Å². The molecule has 0 radical (unpaired) electrons. The van der Waals surface area contributed by atoms with Crippen molar-refractivity contribution in [3.8, 4) is 0 Å². The van der Waals surface area contributed by atoms with E-state index < -0.39 is 147 Å². The monoisotopic (exact) mass is 902 g/mol. The number of carbonyl (C=O) groups excluding carboxylic acids is 5. The van der Waals surface area contributed by atoms with Gasteiger partial charge in [-0.1, -0.05) is 0 Å². The van der Waals surface area contributed by atoms with Crippen molar-refractivity contribution in [3.63, 3.8) is 0 Å². The molecule has 3 aliphatic rings. The number of rotatable bonds is 18. The molecule has 0 aromatic carbocycles. The molecular weight excluding hydrogens is 848 g/mol. The van der Waals surface area contributed by atoms with Crippen LogP contribution in [0.4, 0.5) is 5.95 Å². The smallest absolute Gasteiger partial charge is 0.280 e. The summed E-state index contributed by atoms with van der Waals surface area (Å²) in [5.74, 6) is -4.15. The second-order valence-corrected chi connectivity index (χ2v) is 15.2. The van der Waals surface area contributed by atoms with E-state index in [9.17, 15) is 69.6 Å². The Hall–Kier alpha value is -4.98. The molecule has 0 aliphatic carbocycles. The van der Waals surface area contributed by atoms with Gasteiger partial charge < -0.3 is 92.1 Å². The number of nitrogens with one attached hydrogen (secondary N) is 6. The van der Waals surface area contributed by atoms with E-state index in [0.29, 0.717) is 0 Å². The van der Waals surface area contributed by atoms with Crippen molar-refractivity contribution >= 4 is 46.6 Å². The van der Waals surface area contributed by atoms with Gasteiger partial charge >= 0.3 is 0 Å². The lowest BCUT2D eigenvalue weighted by atomic mass is 9.95. The Kier molecular flexibility index (Phi) is 16.8. The van der Waals surface area contributed by atoms with Gasteiger partial charge in [-0.2, -0.15) is 4.98 Å². The van der Waals surface area contributed by atoms with Gasteiger partial charge in [0, 0.05) is 20.0 Å². The fraction of sp³-hybridized carbons (Fsp3) is 0.714. The normalized spacial score (nSPS) is 32.4. The minimum absolute atomic E-state index is 0.0186. The number of anilines is 1. The number of aliphatic hydroxyl groups is 8. The molecule has 15 atom stereocenters. The average molecular weight is 903 g/mol. The maximum Gasteiger partial charge on any atom is 0.280 e. The zero-order valence-corrected chi connectivity index (χ0v) is 34.0. The van der Waals surface area contributed by atoms with E-state index in [0.717, 1.165) is 13.3 Å². The fourth-order valence-corrected chi connectivity index (χ4v) is 7.14. The Morgan fingerprint density at radius 3 is 2.30 bits per heavy atom. The number of aromatic nitrogens is 4. The molecule has 5 heterocycles. The Balaban J connectivity index is 1.12. The molecule has 3 saturated heterocycles. The van der Waals surface area contributed by atoms with Crippen molar-refractivity contribution in [1.82, 2.24) is 46.1 Å². The first-order valence-corrected chi connectivity index (χ1v) is 19.9. The number of hydrogen-bond donors (Lipinski definition) is 15. The minimum atomic E-state index is -1.87. The Morgan fingerprint density at radius 2 is 1.60 bits per heavy atom. The number of unbranched alkanes of at least 4 members (excludes halogenated alkanes) is 1. The number of carbonyl (C=O) groups is 5. The quantitative estimate of drug-likeness (QED) is 0.0618. The van der Waals surface area contributed by atoms with Crippen molar-refractivity contribution in [1.29, 1.82) is 0 Å². The predicted octanol–water partition coefficient (Wildman–Crippen LogP) is -8.85. The molecule has 5 amide bonds. The first kappa shape index (κ1) is 49.0. The highest BCUT2D eigenvalue weighted by Crippen LogP contribution is 2.31. The average Bonchev–Trinajstić information content (AvgIpc) is 3.79. The lowest BCUT2D eigenvalue weighted by molar-refractivity contribution is -0.268. The van der Waals surface area contributed by atoms with Gasteiger partial charge in [-0.15, -0.1) is 0 Å². The summed E-state index contributed by atoms with van der Waals surface area (Å²) in [4.78, 5) is 86.1. The predicted molar refractivity (Wildman–Crippen MR) is 207 cm³/mol. The first-order valence-electron chi connectivity index (χ1n) is 19.9. The van der Waals surface area contributed by atoms with Gasteiger partial charge in [0.2, 0.25) is 29.6 Å². The third-order valence-corrected chi connectivity index (χ3v) is 10.6. The minimum Gasteiger partial charge on any atom is -0.394 e. The summed E-state index contributed by atoms with van der Waals surface area (Å²) < 4.78 is 23.2. The lowest BCUT2D eigenvalue weighted by Crippen LogP contribution is -2.64. The van der Waals surface area contributed by atoms with Crippen molar-refractivity contribution in [3.05, 3.63) is 16.7 Å². The van der Waals surface area contributed by atoms with Crippen molar-refractivity contribution in [2.75, 3.05) is 38.6 Å². The van der Waals surface area contributed by atoms with Gasteiger partial charge in [-0.3, -0.25) is 38.3 Å². The zero-order valence-electron chi connectivity index (χ0n) is 34.0. The van der Waals surface area contributed by atoms with E-state index in [1.54, 1.807) is 0 Å². The highest BCUT2D eigenvalue weighted by molar-refractivity contribution is 5.92. The zero-order chi connectivity index (χ0) is 46.3. The highest BCUT2D eigenvalue weighted by Gasteiger charge is 2.47. The second-order valence-electron chi connectivity index (χ2n) is 15.2. The number of nitrogens with two attached hydrogens (primary N) is 1. The van der Waals surface area contributed by atoms with Crippen molar-refractivity contribution < 1.29 is 83.8 Å². The third-order valence-electron chi connectivity index (χ3n) is 10.6. The van der Waals surface area contributed by atoms with E-state index in [-0.39, 0.29) is 49.5 Å². The molecule has 16 N–H and O–H groups in total. The Bertz CT molecular complexity index is 1990. The van der Waals surface area contributed by atoms with Crippen LogP contribution >= 0.6 is 0 Å². The molecule has 3 fully saturated rings. The van der Waals surface area contributed by atoms with Crippen LogP contribution in [0.15, 0.2) is 11.1 Å². The standard InChI is InChI=1S/C35H54N10O18/c1-12-21(50)25(54)26(55)28(61-12)32(59)42-14(5-3-4-6-37-18(49)10-60-34-19(41-13(2)47)24(53)23(52)16(9-46)63-34)30(57)39-8-17(48)38-7-15-22(51)27(56)33(62-15)45-11-40-20-29(45)43-35(36)44-31(20)58/h11-12,14-16,19,21-28,33-34,46,50-56H,3-10H2,1-2H3,(H,37,49)(H,38,48)(H,39,57)(H,41,47)(H,42,59)(H3,36,43,44,58)/t12-,14-,15+,16+,19+,21+,22+,23+,24+,25+,26-,27+,28-,33+,34+/m0/s1. The third kappa shape index (κ3) is 11.8. The van der Waals surface area contributed by atoms with Gasteiger partial charge in [-0.25, -0.2) is 4.98 Å². The molecule has 63 heavy (non-hydrogen) atoms. The number of nitrogen functional groups attached to an aromatic ring is 1. The number of H-pyrrole nitrogens is 1. The van der Waals surface area contributed by atoms with E-state index in [1.165, 1.54) is 11.5 Å². The maximum absolute atomic E-state index is 13.4. The highest BCUT2D eigenvalue weighted by atomic mass is 16.7. The van der Waals surface area contributed by atoms with Gasteiger partial charge in [0.25, 0.3) is 11.5 Å². The molecule has 28 heteroatoms. The molecular formula is C35H54N10O18. The van der Waals surface area contributed by atoms with E-state index in [4.69, 9.17) is 24.7 Å². The number of ether oxygens (including phenoxy) is 4. The molecule has 0 unspecified atom stereocenters. The summed E-state index contributed by atoms with van der Waals surface area (Å²) >= 11 is 0. The summed E-state index contributed by atoms with van der Waals surface area (Å²) in [6.07, 6.45) is -17.8. The summed E-state index contributed by atoms with van der Waals surface area (Å²) in [5, 5.41) is 94.3. The molecule has 0 spiro atoms. The van der Waals surface area contributed by atoms with Crippen LogP contribution in [0.25, 0.3) is 11.2 Å². The fourth-order valence-electron chi connectivity index (χ4n) is 7.14. The van der Waals surface area contributed by atoms with Crippen LogP contribution in [0.5, 0.6) is 0 Å². The lowest BCUT2D eigenvalue weighted by Gasteiger charge is -2.42. The summed E-state index contributed by atoms with van der Waals surface area (Å²) in [5.41, 5.74) is 4.85. The van der Waals surface area contributed by atoms with Crippen molar-refractivity contribution in [2.24, 2.45) is 0 Å². The van der Waals surface area contributed by atoms with E-state index in [1.807, 2.05) is 0 Å². The largest absolute Gasteiger partial charge is 0.394 e. The van der Waals surface area contributed by atoms with Crippen LogP contribution in [-0.4, -0.2) is 208 Å². The topological polar surface area (TPSA) is 434 Å². The molecule has 3 aliphatic heterocycles. The van der Waals surface area contributed by atoms with Crippen molar-refractivity contribution in [2.45, 2.75) is 125 Å². The molecule has 0 bridgehead atoms. The van der Waals surface area contributed by atoms with Crippen LogP contribution in [-0.2, 0) is 42.9 Å². The number of amides is 5. The molecule has 2 aromatic heterocycles. The summed E-state index contributed by atoms with van der Waals surface area (Å²) in [7, 11) is 0. The van der Waals surface area contributed by atoms with E-state index in [2.05, 4.69) is 41.5 Å². The summed E-state index contributed by atoms with van der Waals surface area (Å²) in [6, 6.07) is -2.64. The SMILES string of the molecule is CC(=O)N[C@H]1[C@H](OCC(=O)NCCCC[C@H](NC(=O)[C@H]2O[C@@H](C)[C@@H](O)[C@@H](O)[C@@H]2O)C(=O)NCC(=O)NC[C@H]2O[C@@H](n3cnc4c(=O)[nH]c(N)nc43)[C@H](O)[C@@H]2O)O[C@H](CO)[C@@H](O)[C@@H]1O. The number of nitrogens with zero attached hydrogens (tertiary/aromatic N) is 3. The number of aromatic amines is 1. The summed E-state index contributed by atoms with van der Waals surface area (Å²) in [6.45, 7) is 0.201. The molecule has 352 valence electrons. The second kappa shape index (κ2) is 21.6. The van der Waals surface area contributed by atoms with Crippen LogP contribution in [0.3, 0.4) is 0 Å². The van der Waals surface area contributed by atoms with Gasteiger partial charge in [0.15, 0.2) is 29.8 Å². The maximum atomic E-state index is 13.4. The molecule has 28 nitrogen and oxygen atoms in total. The molecule has 5 rings (SSSR count). The number of imidazole rings is 1.